The van der Waals surface area contributed by atoms with Gasteiger partial charge in [0.15, 0.2) is 0 Å². The smallest absolute Gasteiger partial charge is 0.256 e. The molecule has 1 aliphatic heterocycles. The monoisotopic (exact) mass is 296 g/mol. The number of nitrogens with one attached hydrogen (secondary N) is 2. The molecule has 0 aromatic heterocycles. The third-order valence-electron chi connectivity index (χ3n) is 3.76. The lowest BCUT2D eigenvalue weighted by Gasteiger charge is -2.20. The van der Waals surface area contributed by atoms with Gasteiger partial charge >= 0.3 is 0 Å². The molecule has 1 heterocycles. The maximum Gasteiger partial charge on any atom is 0.256 e. The van der Waals surface area contributed by atoms with E-state index in [1.807, 2.05) is 49.4 Å². The predicted molar refractivity (Wildman–Crippen MR) is 88.8 cm³/mol. The fourth-order valence-electron chi connectivity index (χ4n) is 2.72. The molecule has 1 aliphatic rings. The van der Waals surface area contributed by atoms with Crippen LogP contribution in [0.25, 0.3) is 0 Å². The molecular formula is C18H20N2O2. The second-order valence-electron chi connectivity index (χ2n) is 5.27. The Hall–Kier alpha value is -2.49. The van der Waals surface area contributed by atoms with E-state index in [4.69, 9.17) is 4.74 Å². The SMILES string of the molecule is CCOc1ccc(NC(=O)c2cccc3c2CCCN3)cc1. The summed E-state index contributed by atoms with van der Waals surface area (Å²) in [5.74, 6) is 0.742. The summed E-state index contributed by atoms with van der Waals surface area (Å²) in [6.45, 7) is 3.55. The zero-order valence-corrected chi connectivity index (χ0v) is 12.7. The fraction of sp³-hybridized carbons (Fsp3) is 0.278. The van der Waals surface area contributed by atoms with Crippen molar-refractivity contribution in [3.63, 3.8) is 0 Å². The highest BCUT2D eigenvalue weighted by Gasteiger charge is 2.17. The van der Waals surface area contributed by atoms with E-state index in [0.717, 1.165) is 47.6 Å². The number of carbonyl (C=O) groups excluding carboxylic acids is 1. The van der Waals surface area contributed by atoms with E-state index in [1.165, 1.54) is 0 Å². The number of rotatable bonds is 4. The van der Waals surface area contributed by atoms with Crippen LogP contribution in [-0.2, 0) is 6.42 Å². The van der Waals surface area contributed by atoms with Gasteiger partial charge in [-0.2, -0.15) is 0 Å². The summed E-state index contributed by atoms with van der Waals surface area (Å²) in [6, 6.07) is 13.3. The van der Waals surface area contributed by atoms with E-state index in [0.29, 0.717) is 6.61 Å². The summed E-state index contributed by atoms with van der Waals surface area (Å²) in [7, 11) is 0. The molecule has 2 aromatic carbocycles. The Kier molecular flexibility index (Phi) is 4.28. The standard InChI is InChI=1S/C18H20N2O2/c1-2-22-14-10-8-13(9-11-14)20-18(21)16-5-3-7-17-15(16)6-4-12-19-17/h3,5,7-11,19H,2,4,6,12H2,1H3,(H,20,21). The van der Waals surface area contributed by atoms with Crippen LogP contribution in [0.1, 0.15) is 29.3 Å². The fourth-order valence-corrected chi connectivity index (χ4v) is 2.72. The summed E-state index contributed by atoms with van der Waals surface area (Å²) in [5, 5.41) is 6.30. The van der Waals surface area contributed by atoms with E-state index >= 15 is 0 Å². The molecule has 0 saturated heterocycles. The number of fused-ring (bicyclic) bond motifs is 1. The van der Waals surface area contributed by atoms with E-state index in [9.17, 15) is 4.79 Å². The van der Waals surface area contributed by atoms with Crippen LogP contribution in [0.2, 0.25) is 0 Å². The van der Waals surface area contributed by atoms with E-state index in [2.05, 4.69) is 10.6 Å². The van der Waals surface area contributed by atoms with Crippen LogP contribution in [0.3, 0.4) is 0 Å². The van der Waals surface area contributed by atoms with Crippen molar-refractivity contribution in [2.75, 3.05) is 23.8 Å². The van der Waals surface area contributed by atoms with Gasteiger partial charge in [0.2, 0.25) is 0 Å². The number of anilines is 2. The molecule has 3 rings (SSSR count). The van der Waals surface area contributed by atoms with Crippen molar-refractivity contribution in [1.82, 2.24) is 0 Å². The highest BCUT2D eigenvalue weighted by Crippen LogP contribution is 2.26. The second-order valence-corrected chi connectivity index (χ2v) is 5.27. The molecule has 2 aromatic rings. The Morgan fingerprint density at radius 1 is 1.23 bits per heavy atom. The molecule has 1 amide bonds. The average Bonchev–Trinajstić information content (AvgIpc) is 2.56. The zero-order chi connectivity index (χ0) is 15.4. The topological polar surface area (TPSA) is 50.4 Å². The summed E-state index contributed by atoms with van der Waals surface area (Å²) in [4.78, 5) is 12.5. The minimum Gasteiger partial charge on any atom is -0.494 e. The van der Waals surface area contributed by atoms with Crippen LogP contribution in [0.4, 0.5) is 11.4 Å². The number of amides is 1. The van der Waals surface area contributed by atoms with Gasteiger partial charge in [-0.3, -0.25) is 4.79 Å². The summed E-state index contributed by atoms with van der Waals surface area (Å²) in [6.07, 6.45) is 2.00. The van der Waals surface area contributed by atoms with Crippen molar-refractivity contribution in [2.45, 2.75) is 19.8 Å². The van der Waals surface area contributed by atoms with Crippen LogP contribution < -0.4 is 15.4 Å². The second kappa shape index (κ2) is 6.52. The molecule has 4 nitrogen and oxygen atoms in total. The molecule has 114 valence electrons. The highest BCUT2D eigenvalue weighted by molar-refractivity contribution is 6.06. The van der Waals surface area contributed by atoms with Gasteiger partial charge in [-0.15, -0.1) is 0 Å². The third kappa shape index (κ3) is 3.06. The minimum absolute atomic E-state index is 0.0651. The Morgan fingerprint density at radius 2 is 2.05 bits per heavy atom. The molecule has 0 fully saturated rings. The quantitative estimate of drug-likeness (QED) is 0.904. The number of benzene rings is 2. The molecule has 0 saturated carbocycles. The van der Waals surface area contributed by atoms with E-state index < -0.39 is 0 Å². The first-order valence-corrected chi connectivity index (χ1v) is 7.68. The molecule has 0 radical (unpaired) electrons. The summed E-state index contributed by atoms with van der Waals surface area (Å²) in [5.41, 5.74) is 3.70. The maximum atomic E-state index is 12.5. The van der Waals surface area contributed by atoms with Crippen molar-refractivity contribution in [1.29, 1.82) is 0 Å². The van der Waals surface area contributed by atoms with Crippen molar-refractivity contribution in [3.8, 4) is 5.75 Å². The van der Waals surface area contributed by atoms with Gasteiger partial charge in [0.25, 0.3) is 5.91 Å². The summed E-state index contributed by atoms with van der Waals surface area (Å²) < 4.78 is 5.40. The van der Waals surface area contributed by atoms with Gasteiger partial charge in [-0.25, -0.2) is 0 Å². The van der Waals surface area contributed by atoms with Gasteiger partial charge in [0.05, 0.1) is 6.61 Å². The average molecular weight is 296 g/mol. The molecule has 0 atom stereocenters. The summed E-state index contributed by atoms with van der Waals surface area (Å²) >= 11 is 0. The molecule has 0 bridgehead atoms. The largest absolute Gasteiger partial charge is 0.494 e. The zero-order valence-electron chi connectivity index (χ0n) is 12.7. The van der Waals surface area contributed by atoms with Crippen molar-refractivity contribution >= 4 is 17.3 Å². The van der Waals surface area contributed by atoms with Crippen LogP contribution in [0.5, 0.6) is 5.75 Å². The van der Waals surface area contributed by atoms with Gasteiger partial charge < -0.3 is 15.4 Å². The van der Waals surface area contributed by atoms with Crippen LogP contribution >= 0.6 is 0 Å². The number of carbonyl (C=O) groups is 1. The molecular weight excluding hydrogens is 276 g/mol. The third-order valence-corrected chi connectivity index (χ3v) is 3.76. The first kappa shape index (κ1) is 14.4. The first-order chi connectivity index (χ1) is 10.8. The normalized spacial score (nSPS) is 13.0. The molecule has 22 heavy (non-hydrogen) atoms. The lowest BCUT2D eigenvalue weighted by molar-refractivity contribution is 0.102. The molecule has 0 aliphatic carbocycles. The van der Waals surface area contributed by atoms with Crippen molar-refractivity contribution in [2.24, 2.45) is 0 Å². The van der Waals surface area contributed by atoms with Gasteiger partial charge in [-0.05, 0) is 61.7 Å². The van der Waals surface area contributed by atoms with Gasteiger partial charge in [-0.1, -0.05) is 6.07 Å². The first-order valence-electron chi connectivity index (χ1n) is 7.68. The van der Waals surface area contributed by atoms with Crippen LogP contribution in [-0.4, -0.2) is 19.1 Å². The number of hydrogen-bond acceptors (Lipinski definition) is 3. The van der Waals surface area contributed by atoms with Crippen molar-refractivity contribution < 1.29 is 9.53 Å². The van der Waals surface area contributed by atoms with Gasteiger partial charge in [0.1, 0.15) is 5.75 Å². The molecule has 0 spiro atoms. The minimum atomic E-state index is -0.0651. The Balaban J connectivity index is 1.77. The number of ether oxygens (including phenoxy) is 1. The van der Waals surface area contributed by atoms with E-state index in [-0.39, 0.29) is 5.91 Å². The predicted octanol–water partition coefficient (Wildman–Crippen LogP) is 3.70. The lowest BCUT2D eigenvalue weighted by atomic mass is 9.97. The highest BCUT2D eigenvalue weighted by atomic mass is 16.5. The molecule has 2 N–H and O–H groups in total. The van der Waals surface area contributed by atoms with Crippen molar-refractivity contribution in [3.05, 3.63) is 53.6 Å². The Labute approximate surface area is 130 Å². The lowest BCUT2D eigenvalue weighted by Crippen LogP contribution is -2.19. The van der Waals surface area contributed by atoms with Gasteiger partial charge in [0, 0.05) is 23.5 Å². The number of hydrogen-bond donors (Lipinski definition) is 2. The molecule has 0 unspecified atom stereocenters. The van der Waals surface area contributed by atoms with Crippen LogP contribution in [0.15, 0.2) is 42.5 Å². The van der Waals surface area contributed by atoms with E-state index in [1.54, 1.807) is 0 Å². The maximum absolute atomic E-state index is 12.5. The van der Waals surface area contributed by atoms with Crippen LogP contribution in [0, 0.1) is 0 Å². The Bertz CT molecular complexity index is 665. The molecule has 4 heteroatoms. The Morgan fingerprint density at radius 3 is 2.82 bits per heavy atom.